The molecule has 0 aliphatic heterocycles. The molecule has 0 aliphatic rings. The number of hydrogen-bond donors (Lipinski definition) is 1. The number of nitrogens with two attached hydrogens (primary N) is 1. The van der Waals surface area contributed by atoms with Crippen molar-refractivity contribution < 1.29 is 4.74 Å². The third-order valence-corrected chi connectivity index (χ3v) is 2.40. The molecule has 0 heterocycles. The van der Waals surface area contributed by atoms with Gasteiger partial charge in [-0.3, -0.25) is 0 Å². The molecule has 0 aliphatic carbocycles. The Morgan fingerprint density at radius 3 is 2.43 bits per heavy atom. The van der Waals surface area contributed by atoms with E-state index in [0.717, 1.165) is 11.3 Å². The average molecular weight is 193 g/mol. The Balaban J connectivity index is 2.80. The molecule has 1 unspecified atom stereocenters. The second kappa shape index (κ2) is 4.47. The molecule has 0 aromatic heterocycles. The Bertz CT molecular complexity index is 307. The number of ether oxygens (including phenoxy) is 1. The third kappa shape index (κ3) is 2.74. The minimum atomic E-state index is 0.0508. The van der Waals surface area contributed by atoms with E-state index in [1.165, 1.54) is 5.56 Å². The maximum atomic E-state index is 5.76. The second-order valence-corrected chi connectivity index (χ2v) is 3.95. The molecular weight excluding hydrogens is 174 g/mol. The van der Waals surface area contributed by atoms with Crippen molar-refractivity contribution >= 4 is 0 Å². The molecule has 0 fully saturated rings. The van der Waals surface area contributed by atoms with E-state index in [1.807, 2.05) is 26.8 Å². The van der Waals surface area contributed by atoms with Gasteiger partial charge >= 0.3 is 0 Å². The van der Waals surface area contributed by atoms with E-state index in [4.69, 9.17) is 10.5 Å². The molecular formula is C12H19NO. The van der Waals surface area contributed by atoms with Crippen molar-refractivity contribution in [3.8, 4) is 5.75 Å². The minimum absolute atomic E-state index is 0.0508. The summed E-state index contributed by atoms with van der Waals surface area (Å²) in [6, 6.07) is 6.25. The van der Waals surface area contributed by atoms with E-state index < -0.39 is 0 Å². The molecule has 14 heavy (non-hydrogen) atoms. The highest BCUT2D eigenvalue weighted by molar-refractivity contribution is 5.36. The number of benzene rings is 1. The molecule has 0 saturated carbocycles. The molecule has 2 nitrogen and oxygen atoms in total. The minimum Gasteiger partial charge on any atom is -0.489 e. The molecule has 0 amide bonds. The van der Waals surface area contributed by atoms with Crippen LogP contribution in [0.4, 0.5) is 0 Å². The van der Waals surface area contributed by atoms with Crippen LogP contribution in [-0.4, -0.2) is 12.1 Å². The van der Waals surface area contributed by atoms with Gasteiger partial charge in [0, 0.05) is 6.04 Å². The van der Waals surface area contributed by atoms with Crippen molar-refractivity contribution in [1.29, 1.82) is 0 Å². The van der Waals surface area contributed by atoms with E-state index in [9.17, 15) is 0 Å². The SMILES string of the molecule is Cc1ccc(C)c(OC(C)[C@@H](C)N)c1. The first-order valence-electron chi connectivity index (χ1n) is 5.00. The maximum Gasteiger partial charge on any atom is 0.122 e. The fourth-order valence-electron chi connectivity index (χ4n) is 1.14. The van der Waals surface area contributed by atoms with E-state index in [2.05, 4.69) is 19.1 Å². The Morgan fingerprint density at radius 2 is 1.86 bits per heavy atom. The summed E-state index contributed by atoms with van der Waals surface area (Å²) in [5.41, 5.74) is 8.11. The summed E-state index contributed by atoms with van der Waals surface area (Å²) in [5, 5.41) is 0. The average Bonchev–Trinajstić information content (AvgIpc) is 2.11. The van der Waals surface area contributed by atoms with Gasteiger partial charge in [-0.2, -0.15) is 0 Å². The van der Waals surface area contributed by atoms with E-state index in [-0.39, 0.29) is 12.1 Å². The van der Waals surface area contributed by atoms with Crippen LogP contribution in [0.5, 0.6) is 5.75 Å². The van der Waals surface area contributed by atoms with Crippen LogP contribution in [0.2, 0.25) is 0 Å². The van der Waals surface area contributed by atoms with Gasteiger partial charge < -0.3 is 10.5 Å². The van der Waals surface area contributed by atoms with E-state index in [0.29, 0.717) is 0 Å². The summed E-state index contributed by atoms with van der Waals surface area (Å²) < 4.78 is 5.76. The van der Waals surface area contributed by atoms with Gasteiger partial charge in [0.15, 0.2) is 0 Å². The predicted molar refractivity (Wildman–Crippen MR) is 59.7 cm³/mol. The monoisotopic (exact) mass is 193 g/mol. The van der Waals surface area contributed by atoms with Crippen molar-refractivity contribution in [2.75, 3.05) is 0 Å². The molecule has 0 bridgehead atoms. The van der Waals surface area contributed by atoms with Gasteiger partial charge in [0.05, 0.1) is 0 Å². The number of rotatable bonds is 3. The second-order valence-electron chi connectivity index (χ2n) is 3.95. The molecule has 0 saturated heterocycles. The van der Waals surface area contributed by atoms with E-state index >= 15 is 0 Å². The Morgan fingerprint density at radius 1 is 1.21 bits per heavy atom. The first-order valence-corrected chi connectivity index (χ1v) is 5.00. The highest BCUT2D eigenvalue weighted by Crippen LogP contribution is 2.20. The quantitative estimate of drug-likeness (QED) is 0.800. The summed E-state index contributed by atoms with van der Waals surface area (Å²) in [5.74, 6) is 0.940. The van der Waals surface area contributed by atoms with Crippen LogP contribution in [0.25, 0.3) is 0 Å². The van der Waals surface area contributed by atoms with Crippen molar-refractivity contribution in [2.45, 2.75) is 39.8 Å². The van der Waals surface area contributed by atoms with Crippen LogP contribution in [0.15, 0.2) is 18.2 Å². The van der Waals surface area contributed by atoms with Crippen LogP contribution in [0, 0.1) is 13.8 Å². The van der Waals surface area contributed by atoms with Crippen molar-refractivity contribution in [2.24, 2.45) is 5.73 Å². The van der Waals surface area contributed by atoms with Gasteiger partial charge in [-0.05, 0) is 44.9 Å². The Kier molecular flexibility index (Phi) is 3.53. The first-order chi connectivity index (χ1) is 6.50. The molecule has 0 radical (unpaired) electrons. The number of aryl methyl sites for hydroxylation is 2. The zero-order valence-corrected chi connectivity index (χ0v) is 9.37. The van der Waals surface area contributed by atoms with Gasteiger partial charge in [0.25, 0.3) is 0 Å². The molecule has 2 N–H and O–H groups in total. The Hall–Kier alpha value is -1.02. The third-order valence-electron chi connectivity index (χ3n) is 2.40. The highest BCUT2D eigenvalue weighted by Gasteiger charge is 2.10. The van der Waals surface area contributed by atoms with Gasteiger partial charge in [-0.25, -0.2) is 0 Å². The van der Waals surface area contributed by atoms with Gasteiger partial charge in [0.2, 0.25) is 0 Å². The lowest BCUT2D eigenvalue weighted by molar-refractivity contribution is 0.195. The lowest BCUT2D eigenvalue weighted by atomic mass is 10.1. The molecule has 1 aromatic carbocycles. The fourth-order valence-corrected chi connectivity index (χ4v) is 1.14. The summed E-state index contributed by atoms with van der Waals surface area (Å²) in [7, 11) is 0. The lowest BCUT2D eigenvalue weighted by Crippen LogP contribution is -2.33. The van der Waals surface area contributed by atoms with Crippen LogP contribution in [0.1, 0.15) is 25.0 Å². The molecule has 0 spiro atoms. The van der Waals surface area contributed by atoms with Gasteiger partial charge in [-0.1, -0.05) is 12.1 Å². The molecule has 1 aromatic rings. The summed E-state index contributed by atoms with van der Waals surface area (Å²) >= 11 is 0. The van der Waals surface area contributed by atoms with Crippen LogP contribution in [-0.2, 0) is 0 Å². The fraction of sp³-hybridized carbons (Fsp3) is 0.500. The summed E-state index contributed by atoms with van der Waals surface area (Å²) in [4.78, 5) is 0. The van der Waals surface area contributed by atoms with Gasteiger partial charge in [-0.15, -0.1) is 0 Å². The van der Waals surface area contributed by atoms with Crippen LogP contribution in [0.3, 0.4) is 0 Å². The van der Waals surface area contributed by atoms with E-state index in [1.54, 1.807) is 0 Å². The van der Waals surface area contributed by atoms with Crippen LogP contribution >= 0.6 is 0 Å². The van der Waals surface area contributed by atoms with Crippen molar-refractivity contribution in [3.63, 3.8) is 0 Å². The normalized spacial score (nSPS) is 14.9. The number of hydrogen-bond acceptors (Lipinski definition) is 2. The topological polar surface area (TPSA) is 35.2 Å². The lowest BCUT2D eigenvalue weighted by Gasteiger charge is -2.19. The first kappa shape index (κ1) is 11.1. The van der Waals surface area contributed by atoms with Crippen molar-refractivity contribution in [1.82, 2.24) is 0 Å². The molecule has 78 valence electrons. The van der Waals surface area contributed by atoms with Crippen molar-refractivity contribution in [3.05, 3.63) is 29.3 Å². The largest absolute Gasteiger partial charge is 0.489 e. The maximum absolute atomic E-state index is 5.76. The highest BCUT2D eigenvalue weighted by atomic mass is 16.5. The standard InChI is InChI=1S/C12H19NO/c1-8-5-6-9(2)12(7-8)14-11(4)10(3)13/h5-7,10-11H,13H2,1-4H3/t10-,11?/m1/s1. The molecule has 2 atom stereocenters. The summed E-state index contributed by atoms with van der Waals surface area (Å²) in [6.07, 6.45) is 0.0514. The zero-order valence-electron chi connectivity index (χ0n) is 9.37. The summed E-state index contributed by atoms with van der Waals surface area (Å²) in [6.45, 7) is 8.05. The zero-order chi connectivity index (χ0) is 10.7. The van der Waals surface area contributed by atoms with Gasteiger partial charge in [0.1, 0.15) is 11.9 Å². The smallest absolute Gasteiger partial charge is 0.122 e. The Labute approximate surface area is 86.1 Å². The predicted octanol–water partition coefficient (Wildman–Crippen LogP) is 2.42. The molecule has 2 heteroatoms. The van der Waals surface area contributed by atoms with Crippen LogP contribution < -0.4 is 10.5 Å². The molecule has 1 rings (SSSR count).